The van der Waals surface area contributed by atoms with E-state index in [-0.39, 0.29) is 11.9 Å². The van der Waals surface area contributed by atoms with Gasteiger partial charge < -0.3 is 4.74 Å². The van der Waals surface area contributed by atoms with Gasteiger partial charge in [-0.1, -0.05) is 12.1 Å². The van der Waals surface area contributed by atoms with Gasteiger partial charge in [0.1, 0.15) is 5.75 Å². The Bertz CT molecular complexity index is 539. The molecule has 0 aliphatic carbocycles. The third-order valence-electron chi connectivity index (χ3n) is 2.34. The molecular weight excluding hydrogens is 228 g/mol. The maximum Gasteiger partial charge on any atom is 0.198 e. The zero-order valence-corrected chi connectivity index (χ0v) is 10.3. The number of benzene rings is 1. The maximum atomic E-state index is 12.3. The molecule has 0 saturated heterocycles. The molecule has 0 atom stereocenters. The molecule has 1 aromatic carbocycles. The number of ether oxygens (including phenoxy) is 1. The Morgan fingerprint density at radius 2 is 1.94 bits per heavy atom. The number of rotatable bonds is 4. The summed E-state index contributed by atoms with van der Waals surface area (Å²) in [6, 6.07) is 8.85. The quantitative estimate of drug-likeness (QED) is 0.773. The van der Waals surface area contributed by atoms with Crippen LogP contribution in [0.5, 0.6) is 5.75 Å². The molecular formula is C14H14N2O2. The van der Waals surface area contributed by atoms with Crippen molar-refractivity contribution in [2.24, 2.45) is 0 Å². The van der Waals surface area contributed by atoms with Gasteiger partial charge in [-0.25, -0.2) is 0 Å². The van der Waals surface area contributed by atoms with E-state index in [4.69, 9.17) is 4.74 Å². The highest BCUT2D eigenvalue weighted by molar-refractivity contribution is 6.10. The molecule has 0 N–H and O–H groups in total. The average molecular weight is 242 g/mol. The fourth-order valence-corrected chi connectivity index (χ4v) is 1.59. The highest BCUT2D eigenvalue weighted by atomic mass is 16.5. The SMILES string of the molecule is CC(C)Oc1ccccc1C(=O)c1ccnnc1. The molecule has 1 aromatic heterocycles. The summed E-state index contributed by atoms with van der Waals surface area (Å²) < 4.78 is 5.63. The maximum absolute atomic E-state index is 12.3. The number of para-hydroxylation sites is 1. The average Bonchev–Trinajstić information content (AvgIpc) is 2.39. The first-order valence-electron chi connectivity index (χ1n) is 5.75. The Morgan fingerprint density at radius 3 is 2.61 bits per heavy atom. The molecule has 0 spiro atoms. The number of carbonyl (C=O) groups is 1. The molecule has 0 saturated carbocycles. The van der Waals surface area contributed by atoms with Gasteiger partial charge in [0.25, 0.3) is 0 Å². The van der Waals surface area contributed by atoms with Crippen molar-refractivity contribution in [3.8, 4) is 5.75 Å². The highest BCUT2D eigenvalue weighted by Gasteiger charge is 2.15. The number of carbonyl (C=O) groups excluding carboxylic acids is 1. The molecule has 0 aliphatic rings. The fraction of sp³-hybridized carbons (Fsp3) is 0.214. The molecule has 0 unspecified atom stereocenters. The second-order valence-electron chi connectivity index (χ2n) is 4.12. The summed E-state index contributed by atoms with van der Waals surface area (Å²) in [6.45, 7) is 3.85. The molecule has 0 fully saturated rings. The van der Waals surface area contributed by atoms with Crippen LogP contribution in [0.3, 0.4) is 0 Å². The Kier molecular flexibility index (Phi) is 3.67. The van der Waals surface area contributed by atoms with E-state index in [0.29, 0.717) is 16.9 Å². The molecule has 4 heteroatoms. The van der Waals surface area contributed by atoms with Crippen LogP contribution in [0.25, 0.3) is 0 Å². The van der Waals surface area contributed by atoms with Crippen molar-refractivity contribution in [2.75, 3.05) is 0 Å². The molecule has 92 valence electrons. The lowest BCUT2D eigenvalue weighted by Gasteiger charge is -2.13. The lowest BCUT2D eigenvalue weighted by molar-refractivity contribution is 0.103. The molecule has 0 amide bonds. The summed E-state index contributed by atoms with van der Waals surface area (Å²) in [5.41, 5.74) is 1.05. The molecule has 2 aromatic rings. The lowest BCUT2D eigenvalue weighted by atomic mass is 10.0. The van der Waals surface area contributed by atoms with Crippen molar-refractivity contribution in [3.63, 3.8) is 0 Å². The predicted octanol–water partition coefficient (Wildman–Crippen LogP) is 2.49. The minimum atomic E-state index is -0.110. The molecule has 0 radical (unpaired) electrons. The zero-order valence-electron chi connectivity index (χ0n) is 10.3. The summed E-state index contributed by atoms with van der Waals surface area (Å²) in [5.74, 6) is 0.482. The zero-order chi connectivity index (χ0) is 13.0. The minimum absolute atomic E-state index is 0.0227. The van der Waals surface area contributed by atoms with Crippen LogP contribution in [0.2, 0.25) is 0 Å². The normalized spacial score (nSPS) is 10.4. The molecule has 1 heterocycles. The second kappa shape index (κ2) is 5.40. The van der Waals surface area contributed by atoms with Gasteiger partial charge in [0.15, 0.2) is 5.78 Å². The summed E-state index contributed by atoms with van der Waals surface area (Å²) in [7, 11) is 0. The van der Waals surface area contributed by atoms with Gasteiger partial charge in [0, 0.05) is 5.56 Å². The van der Waals surface area contributed by atoms with E-state index < -0.39 is 0 Å². The lowest BCUT2D eigenvalue weighted by Crippen LogP contribution is -2.10. The van der Waals surface area contributed by atoms with E-state index in [1.54, 1.807) is 18.2 Å². The fourth-order valence-electron chi connectivity index (χ4n) is 1.59. The number of hydrogen-bond acceptors (Lipinski definition) is 4. The van der Waals surface area contributed by atoms with Gasteiger partial charge in [-0.05, 0) is 32.0 Å². The van der Waals surface area contributed by atoms with Crippen molar-refractivity contribution in [1.29, 1.82) is 0 Å². The van der Waals surface area contributed by atoms with Crippen LogP contribution >= 0.6 is 0 Å². The van der Waals surface area contributed by atoms with Crippen LogP contribution in [0.4, 0.5) is 0 Å². The number of ketones is 1. The van der Waals surface area contributed by atoms with Crippen LogP contribution in [0, 0.1) is 0 Å². The van der Waals surface area contributed by atoms with Crippen LogP contribution < -0.4 is 4.74 Å². The molecule has 2 rings (SSSR count). The first-order valence-corrected chi connectivity index (χ1v) is 5.75. The van der Waals surface area contributed by atoms with Gasteiger partial charge in [0.05, 0.1) is 24.1 Å². The van der Waals surface area contributed by atoms with E-state index in [1.165, 1.54) is 12.4 Å². The third kappa shape index (κ3) is 2.71. The molecule has 0 bridgehead atoms. The topological polar surface area (TPSA) is 52.1 Å². The molecule has 4 nitrogen and oxygen atoms in total. The summed E-state index contributed by atoms with van der Waals surface area (Å²) in [6.07, 6.45) is 2.97. The second-order valence-corrected chi connectivity index (χ2v) is 4.12. The van der Waals surface area contributed by atoms with Crippen molar-refractivity contribution in [3.05, 3.63) is 53.9 Å². The highest BCUT2D eigenvalue weighted by Crippen LogP contribution is 2.22. The van der Waals surface area contributed by atoms with Crippen LogP contribution in [0.1, 0.15) is 29.8 Å². The Hall–Kier alpha value is -2.23. The van der Waals surface area contributed by atoms with E-state index in [2.05, 4.69) is 10.2 Å². The van der Waals surface area contributed by atoms with E-state index in [1.807, 2.05) is 26.0 Å². The minimum Gasteiger partial charge on any atom is -0.490 e. The third-order valence-corrected chi connectivity index (χ3v) is 2.34. The largest absolute Gasteiger partial charge is 0.490 e. The number of aromatic nitrogens is 2. The first kappa shape index (κ1) is 12.2. The summed E-state index contributed by atoms with van der Waals surface area (Å²) in [4.78, 5) is 12.3. The van der Waals surface area contributed by atoms with Crippen molar-refractivity contribution in [1.82, 2.24) is 10.2 Å². The summed E-state index contributed by atoms with van der Waals surface area (Å²) >= 11 is 0. The van der Waals surface area contributed by atoms with E-state index in [9.17, 15) is 4.79 Å². The van der Waals surface area contributed by atoms with Crippen molar-refractivity contribution in [2.45, 2.75) is 20.0 Å². The van der Waals surface area contributed by atoms with Crippen LogP contribution in [-0.2, 0) is 0 Å². The predicted molar refractivity (Wildman–Crippen MR) is 67.7 cm³/mol. The Labute approximate surface area is 106 Å². The summed E-state index contributed by atoms with van der Waals surface area (Å²) in [5, 5.41) is 7.37. The molecule has 18 heavy (non-hydrogen) atoms. The van der Waals surface area contributed by atoms with Crippen LogP contribution in [0.15, 0.2) is 42.7 Å². The first-order chi connectivity index (χ1) is 8.68. The number of hydrogen-bond donors (Lipinski definition) is 0. The standard InChI is InChI=1S/C14H14N2O2/c1-10(2)18-13-6-4-3-5-12(13)14(17)11-7-8-15-16-9-11/h3-10H,1-2H3. The molecule has 0 aliphatic heterocycles. The number of nitrogens with zero attached hydrogens (tertiary/aromatic N) is 2. The van der Waals surface area contributed by atoms with Gasteiger partial charge in [-0.15, -0.1) is 0 Å². The van der Waals surface area contributed by atoms with E-state index in [0.717, 1.165) is 0 Å². The van der Waals surface area contributed by atoms with Crippen molar-refractivity contribution < 1.29 is 9.53 Å². The van der Waals surface area contributed by atoms with Gasteiger partial charge >= 0.3 is 0 Å². The van der Waals surface area contributed by atoms with Gasteiger partial charge in [0.2, 0.25) is 0 Å². The smallest absolute Gasteiger partial charge is 0.198 e. The van der Waals surface area contributed by atoms with E-state index >= 15 is 0 Å². The monoisotopic (exact) mass is 242 g/mol. The van der Waals surface area contributed by atoms with Gasteiger partial charge in [-0.2, -0.15) is 10.2 Å². The van der Waals surface area contributed by atoms with Crippen LogP contribution in [-0.4, -0.2) is 22.1 Å². The Morgan fingerprint density at radius 1 is 1.17 bits per heavy atom. The van der Waals surface area contributed by atoms with Crippen molar-refractivity contribution >= 4 is 5.78 Å². The Balaban J connectivity index is 2.36. The van der Waals surface area contributed by atoms with Gasteiger partial charge in [-0.3, -0.25) is 4.79 Å².